The molecule has 0 radical (unpaired) electrons. The summed E-state index contributed by atoms with van der Waals surface area (Å²) in [7, 11) is 0. The summed E-state index contributed by atoms with van der Waals surface area (Å²) in [5.74, 6) is 0.760. The van der Waals surface area contributed by atoms with Crippen LogP contribution in [0.15, 0.2) is 0 Å². The molecule has 0 aromatic carbocycles. The Kier molecular flexibility index (Phi) is 27.5. The van der Waals surface area contributed by atoms with Gasteiger partial charge in [0.05, 0.1) is 12.7 Å². The van der Waals surface area contributed by atoms with Gasteiger partial charge in [0.25, 0.3) is 0 Å². The average Bonchev–Trinajstić information content (AvgIpc) is 2.76. The van der Waals surface area contributed by atoms with Gasteiger partial charge in [-0.05, 0) is 12.8 Å². The van der Waals surface area contributed by atoms with Crippen LogP contribution in [0.1, 0.15) is 142 Å². The zero-order chi connectivity index (χ0) is 22.0. The molecule has 0 aliphatic carbocycles. The van der Waals surface area contributed by atoms with Gasteiger partial charge in [-0.2, -0.15) is 12.6 Å². The zero-order valence-corrected chi connectivity index (χ0v) is 21.7. The van der Waals surface area contributed by atoms with Crippen LogP contribution in [0.5, 0.6) is 0 Å². The summed E-state index contributed by atoms with van der Waals surface area (Å²) in [6, 6.07) is 0. The Hall–Kier alpha value is 0.270. The van der Waals surface area contributed by atoms with Crippen molar-refractivity contribution in [2.75, 3.05) is 25.6 Å². The molecule has 0 fully saturated rings. The number of ether oxygens (including phenoxy) is 2. The van der Waals surface area contributed by atoms with Gasteiger partial charge >= 0.3 is 0 Å². The summed E-state index contributed by atoms with van der Waals surface area (Å²) in [5.41, 5.74) is 0. The fourth-order valence-corrected chi connectivity index (χ4v) is 4.11. The van der Waals surface area contributed by atoms with Gasteiger partial charge in [-0.1, -0.05) is 129 Å². The first kappa shape index (κ1) is 30.3. The molecule has 182 valence electrons. The smallest absolute Gasteiger partial charge is 0.0896 e. The summed E-state index contributed by atoms with van der Waals surface area (Å²) in [6.07, 6.45) is 27.6. The third kappa shape index (κ3) is 24.5. The zero-order valence-electron chi connectivity index (χ0n) is 20.8. The molecule has 30 heavy (non-hydrogen) atoms. The normalized spacial score (nSPS) is 12.5. The van der Waals surface area contributed by atoms with E-state index in [9.17, 15) is 0 Å². The highest BCUT2D eigenvalue weighted by Gasteiger charge is 2.07. The van der Waals surface area contributed by atoms with E-state index in [0.717, 1.165) is 19.0 Å². The van der Waals surface area contributed by atoms with Crippen LogP contribution in [0, 0.1) is 0 Å². The molecule has 3 heteroatoms. The van der Waals surface area contributed by atoms with Crippen LogP contribution in [-0.2, 0) is 9.47 Å². The van der Waals surface area contributed by atoms with E-state index < -0.39 is 0 Å². The number of unbranched alkanes of at least 4 members (excludes halogenated alkanes) is 18. The molecule has 0 aromatic heterocycles. The maximum absolute atomic E-state index is 5.96. The molecule has 0 saturated carbocycles. The lowest BCUT2D eigenvalue weighted by molar-refractivity contribution is -0.00604. The topological polar surface area (TPSA) is 18.5 Å². The summed E-state index contributed by atoms with van der Waals surface area (Å²) in [6.45, 7) is 7.01. The van der Waals surface area contributed by atoms with Crippen LogP contribution < -0.4 is 0 Å². The second-order valence-electron chi connectivity index (χ2n) is 9.11. The minimum absolute atomic E-state index is 0.162. The third-order valence-corrected chi connectivity index (χ3v) is 6.41. The Labute approximate surface area is 196 Å². The van der Waals surface area contributed by atoms with Gasteiger partial charge < -0.3 is 9.47 Å². The van der Waals surface area contributed by atoms with Crippen molar-refractivity contribution in [3.05, 3.63) is 0 Å². The van der Waals surface area contributed by atoms with E-state index in [-0.39, 0.29) is 6.10 Å². The molecule has 1 unspecified atom stereocenters. The van der Waals surface area contributed by atoms with Crippen molar-refractivity contribution < 1.29 is 9.47 Å². The Morgan fingerprint density at radius 3 is 1.27 bits per heavy atom. The van der Waals surface area contributed by atoms with Crippen LogP contribution in [0.25, 0.3) is 0 Å². The summed E-state index contributed by atoms with van der Waals surface area (Å²) in [5, 5.41) is 0. The lowest BCUT2D eigenvalue weighted by atomic mass is 10.1. The Bertz CT molecular complexity index is 299. The molecule has 2 nitrogen and oxygen atoms in total. The molecule has 0 spiro atoms. The van der Waals surface area contributed by atoms with E-state index in [4.69, 9.17) is 9.47 Å². The quantitative estimate of drug-likeness (QED) is 0.106. The van der Waals surface area contributed by atoms with E-state index in [1.165, 1.54) is 128 Å². The largest absolute Gasteiger partial charge is 0.379 e. The average molecular weight is 445 g/mol. The molecule has 0 aliphatic rings. The molecule has 0 heterocycles. The molecule has 0 saturated heterocycles. The lowest BCUT2D eigenvalue weighted by Gasteiger charge is -2.16. The number of thiol groups is 1. The van der Waals surface area contributed by atoms with Crippen molar-refractivity contribution >= 4 is 12.6 Å². The first-order chi connectivity index (χ1) is 14.8. The van der Waals surface area contributed by atoms with Crippen molar-refractivity contribution in [3.8, 4) is 0 Å². The minimum Gasteiger partial charge on any atom is -0.379 e. The highest BCUT2D eigenvalue weighted by molar-refractivity contribution is 7.80. The molecule has 0 rings (SSSR count). The van der Waals surface area contributed by atoms with Gasteiger partial charge in [0.1, 0.15) is 0 Å². The van der Waals surface area contributed by atoms with Crippen molar-refractivity contribution in [2.24, 2.45) is 0 Å². The molecular weight excluding hydrogens is 388 g/mol. The maximum atomic E-state index is 5.96. The Morgan fingerprint density at radius 2 is 0.867 bits per heavy atom. The van der Waals surface area contributed by atoms with Gasteiger partial charge in [-0.3, -0.25) is 0 Å². The molecular formula is C27H56O2S. The lowest BCUT2D eigenvalue weighted by Crippen LogP contribution is -2.22. The Balaban J connectivity index is 3.27. The molecule has 1 atom stereocenters. The van der Waals surface area contributed by atoms with Crippen LogP contribution >= 0.6 is 12.6 Å². The first-order valence-corrected chi connectivity index (χ1v) is 14.3. The number of hydrogen-bond acceptors (Lipinski definition) is 3. The van der Waals surface area contributed by atoms with Crippen molar-refractivity contribution in [1.29, 1.82) is 0 Å². The first-order valence-electron chi connectivity index (χ1n) is 13.6. The van der Waals surface area contributed by atoms with E-state index >= 15 is 0 Å². The SMILES string of the molecule is CCCCCCCCCCCCOCC(CS)OCCCCCCCCCCCC. The fraction of sp³-hybridized carbons (Fsp3) is 1.00. The van der Waals surface area contributed by atoms with Gasteiger partial charge in [0.15, 0.2) is 0 Å². The van der Waals surface area contributed by atoms with E-state index in [0.29, 0.717) is 6.61 Å². The van der Waals surface area contributed by atoms with Crippen LogP contribution in [0.4, 0.5) is 0 Å². The highest BCUT2D eigenvalue weighted by atomic mass is 32.1. The summed E-state index contributed by atoms with van der Waals surface area (Å²) < 4.78 is 11.8. The summed E-state index contributed by atoms with van der Waals surface area (Å²) >= 11 is 4.43. The van der Waals surface area contributed by atoms with Crippen LogP contribution in [0.3, 0.4) is 0 Å². The Morgan fingerprint density at radius 1 is 0.500 bits per heavy atom. The van der Waals surface area contributed by atoms with Crippen molar-refractivity contribution in [1.82, 2.24) is 0 Å². The molecule has 0 N–H and O–H groups in total. The number of hydrogen-bond donors (Lipinski definition) is 1. The number of rotatable bonds is 26. The second-order valence-corrected chi connectivity index (χ2v) is 9.48. The summed E-state index contributed by atoms with van der Waals surface area (Å²) in [4.78, 5) is 0. The van der Waals surface area contributed by atoms with Gasteiger partial charge in [-0.25, -0.2) is 0 Å². The highest BCUT2D eigenvalue weighted by Crippen LogP contribution is 2.12. The van der Waals surface area contributed by atoms with Crippen LogP contribution in [-0.4, -0.2) is 31.7 Å². The van der Waals surface area contributed by atoms with Gasteiger partial charge in [0.2, 0.25) is 0 Å². The molecule has 0 aliphatic heterocycles. The van der Waals surface area contributed by atoms with Crippen LogP contribution in [0.2, 0.25) is 0 Å². The predicted molar refractivity (Wildman–Crippen MR) is 138 cm³/mol. The molecule has 0 bridgehead atoms. The monoisotopic (exact) mass is 444 g/mol. The van der Waals surface area contributed by atoms with E-state index in [1.807, 2.05) is 0 Å². The minimum atomic E-state index is 0.162. The fourth-order valence-electron chi connectivity index (χ4n) is 3.90. The maximum Gasteiger partial charge on any atom is 0.0896 e. The predicted octanol–water partition coefficient (Wildman–Crippen LogP) is 9.16. The van der Waals surface area contributed by atoms with Crippen molar-refractivity contribution in [3.63, 3.8) is 0 Å². The molecule has 0 aromatic rings. The molecule has 0 amide bonds. The van der Waals surface area contributed by atoms with Gasteiger partial charge in [0, 0.05) is 19.0 Å². The second kappa shape index (κ2) is 27.3. The van der Waals surface area contributed by atoms with E-state index in [2.05, 4.69) is 26.5 Å². The van der Waals surface area contributed by atoms with E-state index in [1.54, 1.807) is 0 Å². The van der Waals surface area contributed by atoms with Crippen molar-refractivity contribution in [2.45, 2.75) is 148 Å². The third-order valence-electron chi connectivity index (χ3n) is 6.00. The standard InChI is InChI=1S/C27H56O2S/c1-3-5-7-9-11-13-15-17-19-21-23-28-25-27(26-30)29-24-22-20-18-16-14-12-10-8-6-4-2/h27,30H,3-26H2,1-2H3. The van der Waals surface area contributed by atoms with Gasteiger partial charge in [-0.15, -0.1) is 0 Å².